The fourth-order valence-electron chi connectivity index (χ4n) is 1.69. The fraction of sp³-hybridized carbons (Fsp3) is 0.500. The van der Waals surface area contributed by atoms with Crippen LogP contribution in [0.5, 0.6) is 0 Å². The molecule has 0 aliphatic carbocycles. The maximum absolute atomic E-state index is 5.56. The van der Waals surface area contributed by atoms with E-state index in [4.69, 9.17) is 10.5 Å². The second kappa shape index (κ2) is 5.54. The van der Waals surface area contributed by atoms with Gasteiger partial charge in [-0.3, -0.25) is 0 Å². The predicted octanol–water partition coefficient (Wildman–Crippen LogP) is 2.42. The molecule has 15 heavy (non-hydrogen) atoms. The second-order valence-corrected chi connectivity index (χ2v) is 5.15. The number of hydrogen-bond acceptors (Lipinski definition) is 3. The zero-order chi connectivity index (χ0) is 10.5. The van der Waals surface area contributed by atoms with Gasteiger partial charge in [0.1, 0.15) is 0 Å². The maximum atomic E-state index is 5.56. The van der Waals surface area contributed by atoms with Crippen molar-refractivity contribution < 1.29 is 4.74 Å². The van der Waals surface area contributed by atoms with Gasteiger partial charge < -0.3 is 10.5 Å². The van der Waals surface area contributed by atoms with Crippen LogP contribution in [0.4, 0.5) is 0 Å². The summed E-state index contributed by atoms with van der Waals surface area (Å²) in [5, 5.41) is 0.725. The smallest absolute Gasteiger partial charge is 0.0476 e. The van der Waals surface area contributed by atoms with E-state index in [2.05, 4.69) is 24.3 Å². The first-order valence-corrected chi connectivity index (χ1v) is 6.30. The zero-order valence-electron chi connectivity index (χ0n) is 8.82. The lowest BCUT2D eigenvalue weighted by Gasteiger charge is -2.21. The highest BCUT2D eigenvalue weighted by atomic mass is 32.2. The van der Waals surface area contributed by atoms with E-state index in [1.165, 1.54) is 23.3 Å². The van der Waals surface area contributed by atoms with E-state index < -0.39 is 0 Å². The largest absolute Gasteiger partial charge is 0.381 e. The topological polar surface area (TPSA) is 35.2 Å². The average Bonchev–Trinajstić information content (AvgIpc) is 2.31. The second-order valence-electron chi connectivity index (χ2n) is 3.78. The molecule has 1 aromatic rings. The summed E-state index contributed by atoms with van der Waals surface area (Å²) in [7, 11) is 0. The van der Waals surface area contributed by atoms with Gasteiger partial charge in [0.2, 0.25) is 0 Å². The van der Waals surface area contributed by atoms with Gasteiger partial charge in [0.05, 0.1) is 0 Å². The molecule has 0 saturated carbocycles. The minimum atomic E-state index is 0.627. The first-order valence-electron chi connectivity index (χ1n) is 5.42. The molecule has 2 N–H and O–H groups in total. The van der Waals surface area contributed by atoms with Gasteiger partial charge in [-0.15, -0.1) is 11.8 Å². The van der Waals surface area contributed by atoms with E-state index in [0.717, 1.165) is 18.5 Å². The molecule has 0 atom stereocenters. The molecule has 0 bridgehead atoms. The molecule has 0 aromatic heterocycles. The van der Waals surface area contributed by atoms with E-state index >= 15 is 0 Å². The molecule has 2 rings (SSSR count). The molecule has 2 nitrogen and oxygen atoms in total. The Kier molecular flexibility index (Phi) is 4.06. The quantitative estimate of drug-likeness (QED) is 0.854. The standard InChI is InChI=1S/C12H17NOS/c13-9-10-1-3-11(4-2-10)15-12-5-7-14-8-6-12/h1-4,12H,5-9,13H2. The van der Waals surface area contributed by atoms with Crippen LogP contribution >= 0.6 is 11.8 Å². The molecule has 0 spiro atoms. The Hall–Kier alpha value is -0.510. The lowest BCUT2D eigenvalue weighted by molar-refractivity contribution is 0.100. The Morgan fingerprint density at radius 3 is 2.47 bits per heavy atom. The molecule has 1 aromatic carbocycles. The van der Waals surface area contributed by atoms with Crippen molar-refractivity contribution in [1.29, 1.82) is 0 Å². The van der Waals surface area contributed by atoms with Crippen LogP contribution in [0.3, 0.4) is 0 Å². The highest BCUT2D eigenvalue weighted by Crippen LogP contribution is 2.29. The summed E-state index contributed by atoms with van der Waals surface area (Å²) in [5.74, 6) is 0. The van der Waals surface area contributed by atoms with E-state index in [9.17, 15) is 0 Å². The molecule has 1 aliphatic rings. The van der Waals surface area contributed by atoms with Crippen molar-refractivity contribution in [3.63, 3.8) is 0 Å². The summed E-state index contributed by atoms with van der Waals surface area (Å²) in [6.45, 7) is 2.46. The van der Waals surface area contributed by atoms with Crippen molar-refractivity contribution in [3.05, 3.63) is 29.8 Å². The van der Waals surface area contributed by atoms with Crippen molar-refractivity contribution in [1.82, 2.24) is 0 Å². The Labute approximate surface area is 95.2 Å². The van der Waals surface area contributed by atoms with Crippen LogP contribution in [0.1, 0.15) is 18.4 Å². The summed E-state index contributed by atoms with van der Waals surface area (Å²) in [6, 6.07) is 8.56. The third kappa shape index (κ3) is 3.23. The molecule has 0 amide bonds. The van der Waals surface area contributed by atoms with Crippen LogP contribution in [0, 0.1) is 0 Å². The normalized spacial score (nSPS) is 17.9. The first-order chi connectivity index (χ1) is 7.38. The van der Waals surface area contributed by atoms with Crippen molar-refractivity contribution in [3.8, 4) is 0 Å². The number of thioether (sulfide) groups is 1. The highest BCUT2D eigenvalue weighted by molar-refractivity contribution is 8.00. The van der Waals surface area contributed by atoms with Crippen molar-refractivity contribution >= 4 is 11.8 Å². The predicted molar refractivity (Wildman–Crippen MR) is 64.0 cm³/mol. The van der Waals surface area contributed by atoms with E-state index in [-0.39, 0.29) is 0 Å². The highest BCUT2D eigenvalue weighted by Gasteiger charge is 2.14. The third-order valence-corrected chi connectivity index (χ3v) is 3.98. The molecule has 3 heteroatoms. The average molecular weight is 223 g/mol. The van der Waals surface area contributed by atoms with Gasteiger partial charge in [-0.2, -0.15) is 0 Å². The monoisotopic (exact) mass is 223 g/mol. The Balaban J connectivity index is 1.91. The van der Waals surface area contributed by atoms with Gasteiger partial charge in [-0.05, 0) is 30.5 Å². The molecule has 1 heterocycles. The minimum absolute atomic E-state index is 0.627. The van der Waals surface area contributed by atoms with Gasteiger partial charge in [0, 0.05) is 29.9 Å². The van der Waals surface area contributed by atoms with Crippen LogP contribution < -0.4 is 5.73 Å². The molecule has 1 saturated heterocycles. The Bertz CT molecular complexity index is 293. The summed E-state index contributed by atoms with van der Waals surface area (Å²) in [4.78, 5) is 1.35. The van der Waals surface area contributed by atoms with Crippen LogP contribution in [0.15, 0.2) is 29.2 Å². The van der Waals surface area contributed by atoms with Crippen LogP contribution in [0.2, 0.25) is 0 Å². The number of benzene rings is 1. The maximum Gasteiger partial charge on any atom is 0.0476 e. The Morgan fingerprint density at radius 1 is 1.20 bits per heavy atom. The van der Waals surface area contributed by atoms with Crippen molar-refractivity contribution in [2.45, 2.75) is 29.5 Å². The van der Waals surface area contributed by atoms with Crippen molar-refractivity contribution in [2.75, 3.05) is 13.2 Å². The molecule has 0 unspecified atom stereocenters. The number of nitrogens with two attached hydrogens (primary N) is 1. The van der Waals surface area contributed by atoms with Gasteiger partial charge in [0.25, 0.3) is 0 Å². The van der Waals surface area contributed by atoms with Crippen LogP contribution in [-0.4, -0.2) is 18.5 Å². The van der Waals surface area contributed by atoms with Crippen LogP contribution in [-0.2, 0) is 11.3 Å². The first kappa shape index (κ1) is 11.0. The summed E-state index contributed by atoms with van der Waals surface area (Å²) in [5.41, 5.74) is 6.76. The molecular weight excluding hydrogens is 206 g/mol. The summed E-state index contributed by atoms with van der Waals surface area (Å²) < 4.78 is 5.34. The lowest BCUT2D eigenvalue weighted by Crippen LogP contribution is -2.17. The summed E-state index contributed by atoms with van der Waals surface area (Å²) >= 11 is 1.96. The number of ether oxygens (including phenoxy) is 1. The SMILES string of the molecule is NCc1ccc(SC2CCOCC2)cc1. The fourth-order valence-corrected chi connectivity index (χ4v) is 2.80. The van der Waals surface area contributed by atoms with Gasteiger partial charge in [0.15, 0.2) is 0 Å². The summed E-state index contributed by atoms with van der Waals surface area (Å²) in [6.07, 6.45) is 2.34. The Morgan fingerprint density at radius 2 is 1.87 bits per heavy atom. The molecule has 0 radical (unpaired) electrons. The van der Waals surface area contributed by atoms with E-state index in [0.29, 0.717) is 6.54 Å². The number of hydrogen-bond donors (Lipinski definition) is 1. The van der Waals surface area contributed by atoms with E-state index in [1.807, 2.05) is 11.8 Å². The van der Waals surface area contributed by atoms with Crippen molar-refractivity contribution in [2.24, 2.45) is 5.73 Å². The molecular formula is C12H17NOS. The van der Waals surface area contributed by atoms with Gasteiger partial charge >= 0.3 is 0 Å². The van der Waals surface area contributed by atoms with E-state index in [1.54, 1.807) is 0 Å². The third-order valence-electron chi connectivity index (χ3n) is 2.63. The zero-order valence-corrected chi connectivity index (χ0v) is 9.63. The molecule has 1 fully saturated rings. The molecule has 82 valence electrons. The van der Waals surface area contributed by atoms with Gasteiger partial charge in [-0.1, -0.05) is 12.1 Å². The molecule has 1 aliphatic heterocycles. The minimum Gasteiger partial charge on any atom is -0.381 e. The number of rotatable bonds is 3. The van der Waals surface area contributed by atoms with Gasteiger partial charge in [-0.25, -0.2) is 0 Å². The van der Waals surface area contributed by atoms with Crippen LogP contribution in [0.25, 0.3) is 0 Å². The lowest BCUT2D eigenvalue weighted by atomic mass is 10.2.